The highest BCUT2D eigenvalue weighted by Crippen LogP contribution is 2.23. The molecule has 0 aliphatic heterocycles. The van der Waals surface area contributed by atoms with E-state index in [1.165, 1.54) is 4.90 Å². The first-order valence-corrected chi connectivity index (χ1v) is 13.9. The zero-order valence-corrected chi connectivity index (χ0v) is 22.7. The van der Waals surface area contributed by atoms with Crippen molar-refractivity contribution in [3.63, 3.8) is 0 Å². The predicted octanol–water partition coefficient (Wildman–Crippen LogP) is 4.22. The maximum atomic E-state index is 13.6. The summed E-state index contributed by atoms with van der Waals surface area (Å²) in [6.07, 6.45) is 1.85. The summed E-state index contributed by atoms with van der Waals surface area (Å²) in [4.78, 5) is 27.9. The van der Waals surface area contributed by atoms with Crippen LogP contribution < -0.4 is 9.62 Å². The lowest BCUT2D eigenvalue weighted by Crippen LogP contribution is -2.52. The van der Waals surface area contributed by atoms with Crippen LogP contribution in [0.5, 0.6) is 0 Å². The van der Waals surface area contributed by atoms with Gasteiger partial charge in [-0.25, -0.2) is 8.42 Å². The number of rotatable bonds is 11. The Labute approximate surface area is 210 Å². The Balaban J connectivity index is 2.37. The monoisotopic (exact) mass is 501 g/mol. The lowest BCUT2D eigenvalue weighted by molar-refractivity contribution is -0.139. The predicted molar refractivity (Wildman–Crippen MR) is 142 cm³/mol. The number of anilines is 1. The fourth-order valence-electron chi connectivity index (χ4n) is 3.58. The number of carbonyl (C=O) groups excluding carboxylic acids is 2. The van der Waals surface area contributed by atoms with Gasteiger partial charge in [-0.05, 0) is 56.4 Å². The van der Waals surface area contributed by atoms with Crippen molar-refractivity contribution < 1.29 is 18.0 Å². The fraction of sp³-hybridized carbons (Fsp3) is 0.481. The minimum Gasteiger partial charge on any atom is -0.352 e. The molecular formula is C27H39N3O4S. The molecule has 0 unspecified atom stereocenters. The molecule has 0 radical (unpaired) electrons. The molecule has 2 rings (SSSR count). The van der Waals surface area contributed by atoms with E-state index in [1.807, 2.05) is 57.2 Å². The molecule has 35 heavy (non-hydrogen) atoms. The van der Waals surface area contributed by atoms with Crippen molar-refractivity contribution in [2.24, 2.45) is 0 Å². The second kappa shape index (κ2) is 12.2. The van der Waals surface area contributed by atoms with Gasteiger partial charge in [-0.2, -0.15) is 0 Å². The summed E-state index contributed by atoms with van der Waals surface area (Å²) in [5.74, 6) is -0.421. The number of aryl methyl sites for hydroxylation is 1. The lowest BCUT2D eigenvalue weighted by atomic mass is 10.0. The van der Waals surface area contributed by atoms with E-state index in [9.17, 15) is 18.0 Å². The zero-order valence-electron chi connectivity index (χ0n) is 21.9. The Hall–Kier alpha value is -2.87. The van der Waals surface area contributed by atoms with E-state index >= 15 is 0 Å². The van der Waals surface area contributed by atoms with Gasteiger partial charge in [0.25, 0.3) is 0 Å². The van der Waals surface area contributed by atoms with Crippen LogP contribution in [0.15, 0.2) is 48.5 Å². The van der Waals surface area contributed by atoms with Gasteiger partial charge >= 0.3 is 0 Å². The van der Waals surface area contributed by atoms with Gasteiger partial charge in [-0.3, -0.25) is 13.9 Å². The molecule has 0 aliphatic rings. The SMILES string of the molecule is CC[C@@H](C)NC(=O)[C@@H](C)N(Cc1ccc(C)cc1)C(=O)CN(c1ccc(C(C)C)cc1)S(C)(=O)=O. The van der Waals surface area contributed by atoms with E-state index in [0.717, 1.165) is 33.7 Å². The van der Waals surface area contributed by atoms with E-state index in [2.05, 4.69) is 19.2 Å². The fourth-order valence-corrected chi connectivity index (χ4v) is 4.43. The molecule has 0 saturated carbocycles. The average molecular weight is 502 g/mol. The van der Waals surface area contributed by atoms with Crippen LogP contribution in [-0.4, -0.2) is 50.0 Å². The average Bonchev–Trinajstić information content (AvgIpc) is 2.80. The number of nitrogens with one attached hydrogen (secondary N) is 1. The first-order valence-electron chi connectivity index (χ1n) is 12.1. The van der Waals surface area contributed by atoms with E-state index < -0.39 is 28.5 Å². The molecular weight excluding hydrogens is 462 g/mol. The Morgan fingerprint density at radius 3 is 2.00 bits per heavy atom. The summed E-state index contributed by atoms with van der Waals surface area (Å²) in [6.45, 7) is 11.4. The number of amides is 2. The topological polar surface area (TPSA) is 86.8 Å². The molecule has 2 aromatic rings. The zero-order chi connectivity index (χ0) is 26.3. The summed E-state index contributed by atoms with van der Waals surface area (Å²) in [5, 5.41) is 2.93. The second-order valence-electron chi connectivity index (χ2n) is 9.52. The van der Waals surface area contributed by atoms with Gasteiger partial charge in [0.2, 0.25) is 21.8 Å². The van der Waals surface area contributed by atoms with Crippen LogP contribution in [0.25, 0.3) is 0 Å². The third-order valence-electron chi connectivity index (χ3n) is 6.17. The van der Waals surface area contributed by atoms with Crippen molar-refractivity contribution in [2.45, 2.75) is 72.5 Å². The van der Waals surface area contributed by atoms with Crippen molar-refractivity contribution in [1.29, 1.82) is 0 Å². The number of sulfonamides is 1. The van der Waals surface area contributed by atoms with E-state index in [-0.39, 0.29) is 18.5 Å². The van der Waals surface area contributed by atoms with Gasteiger partial charge in [0.15, 0.2) is 0 Å². The van der Waals surface area contributed by atoms with E-state index in [0.29, 0.717) is 11.6 Å². The largest absolute Gasteiger partial charge is 0.352 e. The highest BCUT2D eigenvalue weighted by atomic mass is 32.2. The van der Waals surface area contributed by atoms with Gasteiger partial charge in [-0.1, -0.05) is 62.7 Å². The molecule has 2 aromatic carbocycles. The molecule has 192 valence electrons. The number of carbonyl (C=O) groups is 2. The van der Waals surface area contributed by atoms with Crippen molar-refractivity contribution in [3.05, 3.63) is 65.2 Å². The van der Waals surface area contributed by atoms with Gasteiger partial charge in [0.05, 0.1) is 11.9 Å². The third-order valence-corrected chi connectivity index (χ3v) is 7.31. The number of hydrogen-bond donors (Lipinski definition) is 1. The van der Waals surface area contributed by atoms with Crippen molar-refractivity contribution in [2.75, 3.05) is 17.1 Å². The molecule has 0 fully saturated rings. The Bertz CT molecular complexity index is 1100. The van der Waals surface area contributed by atoms with Crippen molar-refractivity contribution in [3.8, 4) is 0 Å². The normalized spacial score (nSPS) is 13.3. The van der Waals surface area contributed by atoms with Gasteiger partial charge < -0.3 is 10.2 Å². The highest BCUT2D eigenvalue weighted by molar-refractivity contribution is 7.92. The Morgan fingerprint density at radius 2 is 1.51 bits per heavy atom. The molecule has 7 nitrogen and oxygen atoms in total. The maximum absolute atomic E-state index is 13.6. The molecule has 2 atom stereocenters. The van der Waals surface area contributed by atoms with Crippen molar-refractivity contribution in [1.82, 2.24) is 10.2 Å². The molecule has 1 N–H and O–H groups in total. The molecule has 0 spiro atoms. The standard InChI is InChI=1S/C27H39N3O4S/c1-8-21(5)28-27(32)22(6)29(17-23-11-9-20(4)10-12-23)26(31)18-30(35(7,33)34)25-15-13-24(14-16-25)19(2)3/h9-16,19,21-22H,8,17-18H2,1-7H3,(H,28,32)/t21-,22-/m1/s1. The second-order valence-corrected chi connectivity index (χ2v) is 11.4. The van der Waals surface area contributed by atoms with Gasteiger partial charge in [-0.15, -0.1) is 0 Å². The van der Waals surface area contributed by atoms with E-state index in [4.69, 9.17) is 0 Å². The first-order chi connectivity index (χ1) is 16.3. The third kappa shape index (κ3) is 8.09. The van der Waals surface area contributed by atoms with E-state index in [1.54, 1.807) is 19.1 Å². The van der Waals surface area contributed by atoms with Crippen LogP contribution in [0.1, 0.15) is 63.6 Å². The van der Waals surface area contributed by atoms with Crippen LogP contribution in [-0.2, 0) is 26.2 Å². The van der Waals surface area contributed by atoms with Gasteiger partial charge in [0.1, 0.15) is 12.6 Å². The molecule has 2 amide bonds. The van der Waals surface area contributed by atoms with Crippen LogP contribution in [0.2, 0.25) is 0 Å². The smallest absolute Gasteiger partial charge is 0.244 e. The number of benzene rings is 2. The van der Waals surface area contributed by atoms with Crippen LogP contribution >= 0.6 is 0 Å². The van der Waals surface area contributed by atoms with Crippen LogP contribution in [0, 0.1) is 6.92 Å². The highest BCUT2D eigenvalue weighted by Gasteiger charge is 2.30. The van der Waals surface area contributed by atoms with Crippen LogP contribution in [0.4, 0.5) is 5.69 Å². The van der Waals surface area contributed by atoms with Gasteiger partial charge in [0, 0.05) is 12.6 Å². The molecule has 0 saturated heterocycles. The molecule has 8 heteroatoms. The Kier molecular flexibility index (Phi) is 9.89. The molecule has 0 aromatic heterocycles. The molecule has 0 bridgehead atoms. The van der Waals surface area contributed by atoms with Crippen molar-refractivity contribution >= 4 is 27.5 Å². The Morgan fingerprint density at radius 1 is 0.943 bits per heavy atom. The quantitative estimate of drug-likeness (QED) is 0.500. The lowest BCUT2D eigenvalue weighted by Gasteiger charge is -2.32. The summed E-state index contributed by atoms with van der Waals surface area (Å²) >= 11 is 0. The number of hydrogen-bond acceptors (Lipinski definition) is 4. The summed E-state index contributed by atoms with van der Waals surface area (Å²) < 4.78 is 26.4. The van der Waals surface area contributed by atoms with Crippen LogP contribution in [0.3, 0.4) is 0 Å². The minimum atomic E-state index is -3.74. The maximum Gasteiger partial charge on any atom is 0.244 e. The summed E-state index contributed by atoms with van der Waals surface area (Å²) in [5.41, 5.74) is 3.43. The summed E-state index contributed by atoms with van der Waals surface area (Å²) in [6, 6.07) is 14.1. The molecule has 0 aliphatic carbocycles. The first kappa shape index (κ1) is 28.4. The minimum absolute atomic E-state index is 0.0340. The molecule has 0 heterocycles. The number of nitrogens with zero attached hydrogens (tertiary/aromatic N) is 2. The summed E-state index contributed by atoms with van der Waals surface area (Å²) in [7, 11) is -3.74.